The molecule has 1 aromatic carbocycles. The molecule has 0 aromatic heterocycles. The van der Waals surface area contributed by atoms with Crippen LogP contribution in [0.15, 0.2) is 22.7 Å². The van der Waals surface area contributed by atoms with Crippen molar-refractivity contribution in [1.82, 2.24) is 4.90 Å². The Morgan fingerprint density at radius 3 is 2.69 bits per heavy atom. The average molecular weight is 283 g/mol. The fourth-order valence-corrected chi connectivity index (χ4v) is 2.20. The van der Waals surface area contributed by atoms with E-state index in [2.05, 4.69) is 20.8 Å². The van der Waals surface area contributed by atoms with E-state index in [1.54, 1.807) is 6.07 Å². The van der Waals surface area contributed by atoms with Gasteiger partial charge in [-0.05, 0) is 54.0 Å². The number of hydrogen-bond donors (Lipinski definition) is 1. The van der Waals surface area contributed by atoms with Gasteiger partial charge in [0.05, 0.1) is 6.54 Å². The Balaban J connectivity index is 2.05. The Kier molecular flexibility index (Phi) is 3.61. The molecule has 0 aliphatic carbocycles. The number of nitrogens with two attached hydrogens (primary N) is 1. The number of hydrogen-bond acceptors (Lipinski definition) is 3. The molecule has 0 amide bonds. The van der Waals surface area contributed by atoms with Crippen molar-refractivity contribution in [3.8, 4) is 0 Å². The van der Waals surface area contributed by atoms with Crippen LogP contribution in [0, 0.1) is 0 Å². The summed E-state index contributed by atoms with van der Waals surface area (Å²) in [4.78, 5) is 14.1. The number of nitrogens with zero attached hydrogens (tertiary/aromatic N) is 1. The van der Waals surface area contributed by atoms with E-state index < -0.39 is 0 Å². The molecule has 16 heavy (non-hydrogen) atoms. The average Bonchev–Trinajstić information content (AvgIpc) is 2.74. The molecular weight excluding hydrogens is 268 g/mol. The van der Waals surface area contributed by atoms with Gasteiger partial charge in [0.15, 0.2) is 5.78 Å². The van der Waals surface area contributed by atoms with Crippen molar-refractivity contribution < 1.29 is 4.79 Å². The first kappa shape index (κ1) is 11.6. The lowest BCUT2D eigenvalue weighted by Crippen LogP contribution is -2.26. The maximum absolute atomic E-state index is 12.0. The van der Waals surface area contributed by atoms with E-state index in [-0.39, 0.29) is 5.78 Å². The first-order chi connectivity index (χ1) is 7.66. The summed E-state index contributed by atoms with van der Waals surface area (Å²) in [6.45, 7) is 2.59. The lowest BCUT2D eigenvalue weighted by molar-refractivity contribution is 0.0945. The summed E-state index contributed by atoms with van der Waals surface area (Å²) in [5.41, 5.74) is 7.07. The van der Waals surface area contributed by atoms with E-state index in [0.29, 0.717) is 17.8 Å². The molecule has 0 saturated carbocycles. The summed E-state index contributed by atoms with van der Waals surface area (Å²) in [5.74, 6) is 0.154. The van der Waals surface area contributed by atoms with E-state index >= 15 is 0 Å². The molecule has 0 spiro atoms. The van der Waals surface area contributed by atoms with Crippen molar-refractivity contribution in [3.63, 3.8) is 0 Å². The number of benzene rings is 1. The first-order valence-electron chi connectivity index (χ1n) is 5.47. The van der Waals surface area contributed by atoms with Crippen LogP contribution in [0.2, 0.25) is 0 Å². The molecule has 2 N–H and O–H groups in total. The van der Waals surface area contributed by atoms with Gasteiger partial charge in [-0.2, -0.15) is 0 Å². The van der Waals surface area contributed by atoms with Crippen LogP contribution in [0.3, 0.4) is 0 Å². The highest BCUT2D eigenvalue weighted by atomic mass is 79.9. The Morgan fingerprint density at radius 2 is 2.06 bits per heavy atom. The fraction of sp³-hybridized carbons (Fsp3) is 0.417. The molecule has 4 heteroatoms. The van der Waals surface area contributed by atoms with Crippen molar-refractivity contribution >= 4 is 27.4 Å². The minimum absolute atomic E-state index is 0.154. The van der Waals surface area contributed by atoms with Gasteiger partial charge in [-0.25, -0.2) is 0 Å². The van der Waals surface area contributed by atoms with E-state index in [1.807, 2.05) is 12.1 Å². The van der Waals surface area contributed by atoms with E-state index in [1.165, 1.54) is 12.8 Å². The highest BCUT2D eigenvalue weighted by Gasteiger charge is 2.16. The number of anilines is 1. The van der Waals surface area contributed by atoms with Crippen LogP contribution in [0.4, 0.5) is 5.69 Å². The van der Waals surface area contributed by atoms with Gasteiger partial charge in [0.1, 0.15) is 0 Å². The van der Waals surface area contributed by atoms with Gasteiger partial charge in [-0.3, -0.25) is 9.69 Å². The zero-order valence-corrected chi connectivity index (χ0v) is 10.7. The van der Waals surface area contributed by atoms with E-state index in [9.17, 15) is 4.79 Å². The first-order valence-corrected chi connectivity index (χ1v) is 6.27. The second-order valence-electron chi connectivity index (χ2n) is 4.14. The number of halogens is 1. The van der Waals surface area contributed by atoms with Crippen LogP contribution in [-0.2, 0) is 0 Å². The molecule has 0 unspecified atom stereocenters. The molecule has 1 saturated heterocycles. The lowest BCUT2D eigenvalue weighted by Gasteiger charge is -2.13. The predicted octanol–water partition coefficient (Wildman–Crippen LogP) is 2.31. The third-order valence-corrected chi connectivity index (χ3v) is 3.61. The third-order valence-electron chi connectivity index (χ3n) is 2.88. The third kappa shape index (κ3) is 2.62. The highest BCUT2D eigenvalue weighted by Crippen LogP contribution is 2.20. The molecule has 1 fully saturated rings. The lowest BCUT2D eigenvalue weighted by atomic mass is 10.1. The SMILES string of the molecule is Nc1cc(C(=O)CN2CCCC2)ccc1Br. The molecule has 0 radical (unpaired) electrons. The molecule has 86 valence electrons. The zero-order valence-electron chi connectivity index (χ0n) is 9.08. The number of rotatable bonds is 3. The van der Waals surface area contributed by atoms with Gasteiger partial charge in [0, 0.05) is 15.7 Å². The monoisotopic (exact) mass is 282 g/mol. The standard InChI is InChI=1S/C12H15BrN2O/c13-10-4-3-9(7-11(10)14)12(16)8-15-5-1-2-6-15/h3-4,7H,1-2,5-6,8,14H2. The van der Waals surface area contributed by atoms with Crippen LogP contribution in [0.25, 0.3) is 0 Å². The summed E-state index contributed by atoms with van der Waals surface area (Å²) in [7, 11) is 0. The molecule has 1 aromatic rings. The largest absolute Gasteiger partial charge is 0.398 e. The molecular formula is C12H15BrN2O. The van der Waals surface area contributed by atoms with Gasteiger partial charge >= 0.3 is 0 Å². The Hall–Kier alpha value is -0.870. The molecule has 3 nitrogen and oxygen atoms in total. The molecule has 2 rings (SSSR count). The molecule has 1 aliphatic rings. The smallest absolute Gasteiger partial charge is 0.176 e. The number of carbonyl (C=O) groups excluding carboxylic acids is 1. The topological polar surface area (TPSA) is 46.3 Å². The Morgan fingerprint density at radius 1 is 1.38 bits per heavy atom. The predicted molar refractivity (Wildman–Crippen MR) is 68.6 cm³/mol. The summed E-state index contributed by atoms with van der Waals surface area (Å²) < 4.78 is 0.838. The van der Waals surface area contributed by atoms with Crippen LogP contribution in [-0.4, -0.2) is 30.3 Å². The normalized spacial score (nSPS) is 16.6. The minimum atomic E-state index is 0.154. The summed E-state index contributed by atoms with van der Waals surface area (Å²) in [6.07, 6.45) is 2.41. The zero-order chi connectivity index (χ0) is 11.5. The van der Waals surface area contributed by atoms with Crippen LogP contribution in [0.1, 0.15) is 23.2 Å². The van der Waals surface area contributed by atoms with Gasteiger partial charge in [-0.15, -0.1) is 0 Å². The second kappa shape index (κ2) is 4.97. The summed E-state index contributed by atoms with van der Waals surface area (Å²) >= 11 is 3.32. The number of nitrogen functional groups attached to an aromatic ring is 1. The van der Waals surface area contributed by atoms with Gasteiger partial charge in [-0.1, -0.05) is 6.07 Å². The van der Waals surface area contributed by atoms with Gasteiger partial charge < -0.3 is 5.73 Å². The maximum Gasteiger partial charge on any atom is 0.176 e. The number of likely N-dealkylation sites (tertiary alicyclic amines) is 1. The van der Waals surface area contributed by atoms with E-state index in [0.717, 1.165) is 17.6 Å². The summed E-state index contributed by atoms with van der Waals surface area (Å²) in [6, 6.07) is 5.38. The van der Waals surface area contributed by atoms with Crippen LogP contribution in [0.5, 0.6) is 0 Å². The quantitative estimate of drug-likeness (QED) is 0.684. The minimum Gasteiger partial charge on any atom is -0.398 e. The highest BCUT2D eigenvalue weighted by molar-refractivity contribution is 9.10. The second-order valence-corrected chi connectivity index (χ2v) is 5.00. The van der Waals surface area contributed by atoms with Gasteiger partial charge in [0.2, 0.25) is 0 Å². The molecule has 1 aliphatic heterocycles. The van der Waals surface area contributed by atoms with E-state index in [4.69, 9.17) is 5.73 Å². The van der Waals surface area contributed by atoms with Gasteiger partial charge in [0.25, 0.3) is 0 Å². The molecule has 1 heterocycles. The van der Waals surface area contributed by atoms with Crippen molar-refractivity contribution in [3.05, 3.63) is 28.2 Å². The maximum atomic E-state index is 12.0. The Bertz CT molecular complexity index is 400. The number of ketones is 1. The van der Waals surface area contributed by atoms with Crippen LogP contribution < -0.4 is 5.73 Å². The number of carbonyl (C=O) groups is 1. The van der Waals surface area contributed by atoms with Crippen molar-refractivity contribution in [2.24, 2.45) is 0 Å². The fourth-order valence-electron chi connectivity index (χ4n) is 1.95. The van der Waals surface area contributed by atoms with Crippen LogP contribution >= 0.6 is 15.9 Å². The summed E-state index contributed by atoms with van der Waals surface area (Å²) in [5, 5.41) is 0. The molecule has 0 bridgehead atoms. The number of Topliss-reactive ketones (excluding diaryl/α,β-unsaturated/α-hetero) is 1. The Labute approximate surface area is 104 Å². The van der Waals surface area contributed by atoms with Crippen molar-refractivity contribution in [2.45, 2.75) is 12.8 Å². The molecule has 0 atom stereocenters. The van der Waals surface area contributed by atoms with Crippen molar-refractivity contribution in [1.29, 1.82) is 0 Å². The van der Waals surface area contributed by atoms with Crippen molar-refractivity contribution in [2.75, 3.05) is 25.4 Å².